The highest BCUT2D eigenvalue weighted by Gasteiger charge is 2.26. The van der Waals surface area contributed by atoms with Crippen LogP contribution >= 0.6 is 0 Å². The lowest BCUT2D eigenvalue weighted by atomic mass is 9.98. The Balaban J connectivity index is 2.21. The summed E-state index contributed by atoms with van der Waals surface area (Å²) in [4.78, 5) is 14.0. The molecule has 1 aliphatic heterocycles. The van der Waals surface area contributed by atoms with E-state index in [0.717, 1.165) is 51.7 Å². The van der Waals surface area contributed by atoms with E-state index in [0.29, 0.717) is 6.61 Å². The molecule has 0 aromatic rings. The third-order valence-corrected chi connectivity index (χ3v) is 3.26. The van der Waals surface area contributed by atoms with Crippen molar-refractivity contribution in [1.82, 2.24) is 4.90 Å². The number of unbranched alkanes of at least 4 members (excludes halogenated alkanes) is 2. The van der Waals surface area contributed by atoms with Crippen LogP contribution < -0.4 is 0 Å². The van der Waals surface area contributed by atoms with Crippen molar-refractivity contribution in [1.29, 1.82) is 0 Å². The summed E-state index contributed by atoms with van der Waals surface area (Å²) in [5.41, 5.74) is 0. The van der Waals surface area contributed by atoms with Crippen molar-refractivity contribution in [2.75, 3.05) is 32.8 Å². The smallest absolute Gasteiger partial charge is 0.310 e. The van der Waals surface area contributed by atoms with E-state index >= 15 is 0 Å². The quantitative estimate of drug-likeness (QED) is 0.543. The molecule has 1 aliphatic rings. The maximum atomic E-state index is 11.6. The number of piperidine rings is 1. The highest BCUT2D eigenvalue weighted by Crippen LogP contribution is 2.18. The normalized spacial score (nSPS) is 21.4. The monoisotopic (exact) mass is 243 g/mol. The van der Waals surface area contributed by atoms with Gasteiger partial charge in [-0.15, -0.1) is 0 Å². The van der Waals surface area contributed by atoms with Crippen molar-refractivity contribution >= 4 is 5.97 Å². The molecule has 17 heavy (non-hydrogen) atoms. The molecule has 0 radical (unpaired) electrons. The van der Waals surface area contributed by atoms with Gasteiger partial charge in [-0.1, -0.05) is 0 Å². The van der Waals surface area contributed by atoms with Crippen LogP contribution in [0.15, 0.2) is 0 Å². The van der Waals surface area contributed by atoms with Crippen LogP contribution in [0, 0.1) is 5.92 Å². The molecule has 0 aromatic carbocycles. The predicted molar refractivity (Wildman–Crippen MR) is 66.7 cm³/mol. The molecule has 4 nitrogen and oxygen atoms in total. The van der Waals surface area contributed by atoms with Crippen LogP contribution in [0.25, 0.3) is 0 Å². The number of rotatable bonds is 7. The van der Waals surface area contributed by atoms with Crippen molar-refractivity contribution in [3.05, 3.63) is 0 Å². The largest absolute Gasteiger partial charge is 0.466 e. The molecule has 1 saturated heterocycles. The fraction of sp³-hybridized carbons (Fsp3) is 0.923. The number of carbonyl (C=O) groups excluding carboxylic acids is 1. The van der Waals surface area contributed by atoms with Crippen LogP contribution in [-0.2, 0) is 9.53 Å². The third-order valence-electron chi connectivity index (χ3n) is 3.26. The molecule has 1 rings (SSSR count). The molecule has 0 unspecified atom stereocenters. The number of aliphatic hydroxyl groups is 1. The van der Waals surface area contributed by atoms with E-state index in [2.05, 4.69) is 4.90 Å². The molecule has 1 atom stereocenters. The van der Waals surface area contributed by atoms with Gasteiger partial charge in [0.25, 0.3) is 0 Å². The molecule has 0 aliphatic carbocycles. The molecule has 0 spiro atoms. The van der Waals surface area contributed by atoms with Crippen molar-refractivity contribution in [3.8, 4) is 0 Å². The minimum absolute atomic E-state index is 0.0347. The van der Waals surface area contributed by atoms with Gasteiger partial charge in [-0.25, -0.2) is 0 Å². The van der Waals surface area contributed by atoms with Crippen molar-refractivity contribution < 1.29 is 14.6 Å². The zero-order valence-electron chi connectivity index (χ0n) is 10.9. The Bertz CT molecular complexity index is 221. The number of hydrogen-bond acceptors (Lipinski definition) is 4. The van der Waals surface area contributed by atoms with Crippen molar-refractivity contribution in [2.24, 2.45) is 5.92 Å². The Morgan fingerprint density at radius 3 is 2.94 bits per heavy atom. The summed E-state index contributed by atoms with van der Waals surface area (Å²) in [6.07, 6.45) is 5.11. The number of ether oxygens (including phenoxy) is 1. The Labute approximate surface area is 104 Å². The van der Waals surface area contributed by atoms with E-state index in [4.69, 9.17) is 9.84 Å². The standard InChI is InChI=1S/C13H25NO3/c1-2-17-13(16)12-7-6-9-14(11-12)8-4-3-5-10-15/h12,15H,2-11H2,1H3/t12-/m0/s1. The molecule has 0 bridgehead atoms. The van der Waals surface area contributed by atoms with Gasteiger partial charge >= 0.3 is 5.97 Å². The highest BCUT2D eigenvalue weighted by molar-refractivity contribution is 5.72. The zero-order chi connectivity index (χ0) is 12.5. The van der Waals surface area contributed by atoms with Gasteiger partial charge in [0, 0.05) is 13.2 Å². The molecule has 100 valence electrons. The Morgan fingerprint density at radius 1 is 1.41 bits per heavy atom. The van der Waals surface area contributed by atoms with E-state index in [9.17, 15) is 4.79 Å². The van der Waals surface area contributed by atoms with Crippen LogP contribution in [0.5, 0.6) is 0 Å². The molecule has 1 fully saturated rings. The fourth-order valence-corrected chi connectivity index (χ4v) is 2.34. The number of esters is 1. The summed E-state index contributed by atoms with van der Waals surface area (Å²) in [5, 5.41) is 8.70. The zero-order valence-corrected chi connectivity index (χ0v) is 10.9. The van der Waals surface area contributed by atoms with Gasteiger partial charge in [-0.2, -0.15) is 0 Å². The lowest BCUT2D eigenvalue weighted by molar-refractivity contribution is -0.149. The van der Waals surface area contributed by atoms with E-state index in [1.807, 2.05) is 6.92 Å². The first-order chi connectivity index (χ1) is 8.27. The average Bonchev–Trinajstić information content (AvgIpc) is 2.35. The second kappa shape index (κ2) is 8.48. The predicted octanol–water partition coefficient (Wildman–Crippen LogP) is 1.42. The van der Waals surface area contributed by atoms with E-state index in [1.54, 1.807) is 0 Å². The third kappa shape index (κ3) is 5.50. The lowest BCUT2D eigenvalue weighted by Crippen LogP contribution is -2.39. The summed E-state index contributed by atoms with van der Waals surface area (Å²) in [6.45, 7) is 5.59. The van der Waals surface area contributed by atoms with Gasteiger partial charge in [0.2, 0.25) is 0 Å². The summed E-state index contributed by atoms with van der Waals surface area (Å²) in [6, 6.07) is 0. The maximum absolute atomic E-state index is 11.6. The van der Waals surface area contributed by atoms with Gasteiger partial charge in [0.1, 0.15) is 0 Å². The molecule has 0 amide bonds. The maximum Gasteiger partial charge on any atom is 0.310 e. The molecule has 0 aromatic heterocycles. The highest BCUT2D eigenvalue weighted by atomic mass is 16.5. The Hall–Kier alpha value is -0.610. The molecule has 0 saturated carbocycles. The van der Waals surface area contributed by atoms with Crippen molar-refractivity contribution in [2.45, 2.75) is 39.0 Å². The fourth-order valence-electron chi connectivity index (χ4n) is 2.34. The summed E-state index contributed by atoms with van der Waals surface area (Å²) in [7, 11) is 0. The van der Waals surface area contributed by atoms with E-state index < -0.39 is 0 Å². The van der Waals surface area contributed by atoms with Crippen LogP contribution in [0.1, 0.15) is 39.0 Å². The van der Waals surface area contributed by atoms with Crippen LogP contribution in [0.4, 0.5) is 0 Å². The van der Waals surface area contributed by atoms with Gasteiger partial charge in [-0.3, -0.25) is 4.79 Å². The first-order valence-corrected chi connectivity index (χ1v) is 6.77. The van der Waals surface area contributed by atoms with Gasteiger partial charge in [0.15, 0.2) is 0 Å². The summed E-state index contributed by atoms with van der Waals surface area (Å²) >= 11 is 0. The van der Waals surface area contributed by atoms with E-state index in [-0.39, 0.29) is 18.5 Å². The van der Waals surface area contributed by atoms with Crippen LogP contribution in [0.3, 0.4) is 0 Å². The lowest BCUT2D eigenvalue weighted by Gasteiger charge is -2.31. The summed E-state index contributed by atoms with van der Waals surface area (Å²) < 4.78 is 5.07. The van der Waals surface area contributed by atoms with Gasteiger partial charge in [0.05, 0.1) is 12.5 Å². The number of carbonyl (C=O) groups is 1. The number of likely N-dealkylation sites (tertiary alicyclic amines) is 1. The minimum Gasteiger partial charge on any atom is -0.466 e. The SMILES string of the molecule is CCOC(=O)[C@H]1CCCN(CCCCCO)C1. The second-order valence-electron chi connectivity index (χ2n) is 4.68. The molecule has 4 heteroatoms. The number of hydrogen-bond donors (Lipinski definition) is 1. The number of nitrogens with zero attached hydrogens (tertiary/aromatic N) is 1. The van der Waals surface area contributed by atoms with Gasteiger partial charge < -0.3 is 14.7 Å². The molecular formula is C13H25NO3. The first kappa shape index (κ1) is 14.5. The molecule has 1 heterocycles. The van der Waals surface area contributed by atoms with E-state index in [1.165, 1.54) is 0 Å². The second-order valence-corrected chi connectivity index (χ2v) is 4.68. The van der Waals surface area contributed by atoms with Crippen LogP contribution in [-0.4, -0.2) is 48.8 Å². The van der Waals surface area contributed by atoms with Gasteiger partial charge in [-0.05, 0) is 52.1 Å². The summed E-state index contributed by atoms with van der Waals surface area (Å²) in [5.74, 6) is 0.0362. The van der Waals surface area contributed by atoms with Crippen molar-refractivity contribution in [3.63, 3.8) is 0 Å². The Kier molecular flexibility index (Phi) is 7.21. The first-order valence-electron chi connectivity index (χ1n) is 6.77. The Morgan fingerprint density at radius 2 is 2.24 bits per heavy atom. The number of aliphatic hydroxyl groups excluding tert-OH is 1. The minimum atomic E-state index is -0.0347. The topological polar surface area (TPSA) is 49.8 Å². The molecule has 1 N–H and O–H groups in total. The molecular weight excluding hydrogens is 218 g/mol. The average molecular weight is 243 g/mol. The van der Waals surface area contributed by atoms with Crippen LogP contribution in [0.2, 0.25) is 0 Å².